The molecule has 0 spiro atoms. The van der Waals surface area contributed by atoms with E-state index in [4.69, 9.17) is 10.5 Å². The lowest BCUT2D eigenvalue weighted by atomic mass is 9.78. The number of thiophene rings is 1. The second kappa shape index (κ2) is 7.64. The molecule has 0 unspecified atom stereocenters. The number of ether oxygens (including phenoxy) is 1. The number of anilines is 1. The first kappa shape index (κ1) is 17.9. The maximum atomic E-state index is 11.5. The molecule has 6 heteroatoms. The molecule has 27 heavy (non-hydrogen) atoms. The second-order valence-corrected chi connectivity index (χ2v) is 8.09. The number of nitrogen functional groups attached to an aromatic ring is 1. The van der Waals surface area contributed by atoms with Gasteiger partial charge in [0.15, 0.2) is 0 Å². The summed E-state index contributed by atoms with van der Waals surface area (Å²) in [4.78, 5) is 20.6. The summed E-state index contributed by atoms with van der Waals surface area (Å²) in [5, 5.41) is 2.24. The van der Waals surface area contributed by atoms with Gasteiger partial charge in [0.1, 0.15) is 6.33 Å². The van der Waals surface area contributed by atoms with Gasteiger partial charge in [-0.15, -0.1) is 11.3 Å². The Labute approximate surface area is 162 Å². The SMILES string of the molecule is COC(=O)CC1CCC(c2csc3c(-c4ccc(N)cc4)ncnc23)CC1. The van der Waals surface area contributed by atoms with Crippen molar-refractivity contribution < 1.29 is 9.53 Å². The third kappa shape index (κ3) is 3.67. The van der Waals surface area contributed by atoms with Gasteiger partial charge in [-0.2, -0.15) is 0 Å². The van der Waals surface area contributed by atoms with E-state index in [1.807, 2.05) is 24.3 Å². The fourth-order valence-electron chi connectivity index (χ4n) is 4.00. The summed E-state index contributed by atoms with van der Waals surface area (Å²) in [6.07, 6.45) is 6.51. The number of nitrogens with two attached hydrogens (primary N) is 1. The predicted octanol–water partition coefficient (Wildman–Crippen LogP) is 4.78. The summed E-state index contributed by atoms with van der Waals surface area (Å²) in [5.41, 5.74) is 11.0. The number of carbonyl (C=O) groups excluding carboxylic acids is 1. The van der Waals surface area contributed by atoms with E-state index in [1.54, 1.807) is 17.7 Å². The monoisotopic (exact) mass is 381 g/mol. The molecule has 1 aromatic carbocycles. The molecule has 140 valence electrons. The zero-order chi connectivity index (χ0) is 18.8. The topological polar surface area (TPSA) is 78.1 Å². The molecular formula is C21H23N3O2S. The first-order valence-corrected chi connectivity index (χ1v) is 10.2. The minimum atomic E-state index is -0.0969. The van der Waals surface area contributed by atoms with Crippen molar-refractivity contribution in [1.29, 1.82) is 0 Å². The maximum absolute atomic E-state index is 11.5. The number of nitrogens with zero attached hydrogens (tertiary/aromatic N) is 2. The Morgan fingerprint density at radius 3 is 2.63 bits per heavy atom. The van der Waals surface area contributed by atoms with Crippen molar-refractivity contribution in [3.63, 3.8) is 0 Å². The zero-order valence-corrected chi connectivity index (χ0v) is 16.2. The normalized spacial score (nSPS) is 19.9. The fourth-order valence-corrected chi connectivity index (χ4v) is 5.12. The zero-order valence-electron chi connectivity index (χ0n) is 15.4. The van der Waals surface area contributed by atoms with E-state index in [9.17, 15) is 4.79 Å². The first-order chi connectivity index (χ1) is 13.2. The predicted molar refractivity (Wildman–Crippen MR) is 109 cm³/mol. The van der Waals surface area contributed by atoms with Crippen molar-refractivity contribution >= 4 is 33.2 Å². The van der Waals surface area contributed by atoms with E-state index in [0.717, 1.165) is 52.8 Å². The molecule has 0 atom stereocenters. The van der Waals surface area contributed by atoms with Crippen molar-refractivity contribution in [3.05, 3.63) is 41.5 Å². The Balaban J connectivity index is 1.57. The van der Waals surface area contributed by atoms with E-state index in [-0.39, 0.29) is 5.97 Å². The fraction of sp³-hybridized carbons (Fsp3) is 0.381. The number of hydrogen-bond donors (Lipinski definition) is 1. The molecule has 2 aromatic heterocycles. The largest absolute Gasteiger partial charge is 0.469 e. The molecule has 1 saturated carbocycles. The average molecular weight is 382 g/mol. The van der Waals surface area contributed by atoms with Crippen molar-refractivity contribution in [2.24, 2.45) is 5.92 Å². The van der Waals surface area contributed by atoms with Gasteiger partial charge in [-0.25, -0.2) is 9.97 Å². The summed E-state index contributed by atoms with van der Waals surface area (Å²) in [6.45, 7) is 0. The van der Waals surface area contributed by atoms with Crippen LogP contribution < -0.4 is 5.73 Å². The highest BCUT2D eigenvalue weighted by Crippen LogP contribution is 2.42. The van der Waals surface area contributed by atoms with Gasteiger partial charge in [0.05, 0.1) is 23.0 Å². The lowest BCUT2D eigenvalue weighted by Crippen LogP contribution is -2.17. The summed E-state index contributed by atoms with van der Waals surface area (Å²) in [7, 11) is 1.46. The van der Waals surface area contributed by atoms with Crippen LogP contribution >= 0.6 is 11.3 Å². The lowest BCUT2D eigenvalue weighted by Gasteiger charge is -2.27. The van der Waals surface area contributed by atoms with E-state index in [1.165, 1.54) is 12.7 Å². The third-order valence-electron chi connectivity index (χ3n) is 5.53. The van der Waals surface area contributed by atoms with Crippen LogP contribution in [0.15, 0.2) is 36.0 Å². The molecule has 1 aliphatic carbocycles. The van der Waals surface area contributed by atoms with E-state index < -0.39 is 0 Å². The van der Waals surface area contributed by atoms with Crippen LogP contribution in [0.2, 0.25) is 0 Å². The van der Waals surface area contributed by atoms with Crippen LogP contribution in [0.4, 0.5) is 5.69 Å². The molecule has 1 fully saturated rings. The lowest BCUT2D eigenvalue weighted by molar-refractivity contribution is -0.142. The molecule has 0 bridgehead atoms. The highest BCUT2D eigenvalue weighted by Gasteiger charge is 2.27. The number of aromatic nitrogens is 2. The number of esters is 1. The molecule has 5 nitrogen and oxygen atoms in total. The number of rotatable bonds is 4. The Kier molecular flexibility index (Phi) is 5.07. The van der Waals surface area contributed by atoms with Gasteiger partial charge in [0.25, 0.3) is 0 Å². The third-order valence-corrected chi connectivity index (χ3v) is 6.53. The van der Waals surface area contributed by atoms with Crippen LogP contribution in [0, 0.1) is 5.92 Å². The van der Waals surface area contributed by atoms with E-state index >= 15 is 0 Å². The standard InChI is InChI=1S/C21H23N3O2S/c1-26-18(25)10-13-2-4-14(5-3-13)17-11-27-21-19(23-12-24-20(17)21)15-6-8-16(22)9-7-15/h6-9,11-14H,2-5,10,22H2,1H3. The van der Waals surface area contributed by atoms with Crippen molar-refractivity contribution in [3.8, 4) is 11.3 Å². The molecule has 4 rings (SSSR count). The number of carbonyl (C=O) groups is 1. The number of methoxy groups -OCH3 is 1. The summed E-state index contributed by atoms with van der Waals surface area (Å²) in [5.74, 6) is 0.848. The quantitative estimate of drug-likeness (QED) is 0.520. The first-order valence-electron chi connectivity index (χ1n) is 9.30. The highest BCUT2D eigenvalue weighted by molar-refractivity contribution is 7.17. The maximum Gasteiger partial charge on any atom is 0.305 e. The van der Waals surface area contributed by atoms with Crippen molar-refractivity contribution in [1.82, 2.24) is 9.97 Å². The van der Waals surface area contributed by atoms with Gasteiger partial charge in [0, 0.05) is 17.7 Å². The van der Waals surface area contributed by atoms with Gasteiger partial charge >= 0.3 is 5.97 Å². The summed E-state index contributed by atoms with van der Waals surface area (Å²) >= 11 is 1.72. The molecule has 0 saturated heterocycles. The van der Waals surface area contributed by atoms with Crippen LogP contribution in [0.5, 0.6) is 0 Å². The van der Waals surface area contributed by atoms with Crippen molar-refractivity contribution in [2.75, 3.05) is 12.8 Å². The minimum Gasteiger partial charge on any atom is -0.469 e. The molecule has 0 radical (unpaired) electrons. The van der Waals surface area contributed by atoms with Crippen LogP contribution in [-0.4, -0.2) is 23.0 Å². The smallest absolute Gasteiger partial charge is 0.305 e. The van der Waals surface area contributed by atoms with Gasteiger partial charge in [-0.3, -0.25) is 4.79 Å². The minimum absolute atomic E-state index is 0.0969. The Morgan fingerprint density at radius 1 is 1.19 bits per heavy atom. The van der Waals surface area contributed by atoms with Crippen LogP contribution in [-0.2, 0) is 9.53 Å². The number of benzene rings is 1. The van der Waals surface area contributed by atoms with E-state index in [0.29, 0.717) is 18.3 Å². The van der Waals surface area contributed by atoms with Crippen LogP contribution in [0.1, 0.15) is 43.6 Å². The van der Waals surface area contributed by atoms with Gasteiger partial charge in [-0.1, -0.05) is 12.1 Å². The van der Waals surface area contributed by atoms with Gasteiger partial charge in [0.2, 0.25) is 0 Å². The highest BCUT2D eigenvalue weighted by atomic mass is 32.1. The summed E-state index contributed by atoms with van der Waals surface area (Å²) in [6, 6.07) is 7.82. The molecule has 1 aliphatic rings. The summed E-state index contributed by atoms with van der Waals surface area (Å²) < 4.78 is 5.94. The van der Waals surface area contributed by atoms with Gasteiger partial charge in [-0.05, 0) is 60.6 Å². The molecule has 3 aromatic rings. The second-order valence-electron chi connectivity index (χ2n) is 7.21. The molecule has 2 heterocycles. The number of fused-ring (bicyclic) bond motifs is 1. The van der Waals surface area contributed by atoms with E-state index in [2.05, 4.69) is 15.3 Å². The van der Waals surface area contributed by atoms with Gasteiger partial charge < -0.3 is 10.5 Å². The van der Waals surface area contributed by atoms with Crippen LogP contribution in [0.3, 0.4) is 0 Å². The van der Waals surface area contributed by atoms with Crippen LogP contribution in [0.25, 0.3) is 21.5 Å². The molecular weight excluding hydrogens is 358 g/mol. The Bertz CT molecular complexity index is 944. The molecule has 0 aliphatic heterocycles. The Morgan fingerprint density at radius 2 is 1.93 bits per heavy atom. The van der Waals surface area contributed by atoms with Crippen molar-refractivity contribution in [2.45, 2.75) is 38.0 Å². The average Bonchev–Trinajstić information content (AvgIpc) is 3.13. The Hall–Kier alpha value is -2.47. The molecule has 2 N–H and O–H groups in total. The molecule has 0 amide bonds. The number of hydrogen-bond acceptors (Lipinski definition) is 6.